The van der Waals surface area contributed by atoms with E-state index in [0.717, 1.165) is 22.4 Å². The van der Waals surface area contributed by atoms with Gasteiger partial charge in [-0.15, -0.1) is 0 Å². The van der Waals surface area contributed by atoms with Crippen molar-refractivity contribution in [3.63, 3.8) is 0 Å². The summed E-state index contributed by atoms with van der Waals surface area (Å²) in [7, 11) is 0. The maximum absolute atomic E-state index is 13.1. The number of fused-ring (bicyclic) bond motifs is 1. The number of carbonyl (C=O) groups excluding carboxylic acids is 1. The van der Waals surface area contributed by atoms with Gasteiger partial charge in [0.2, 0.25) is 5.91 Å². The van der Waals surface area contributed by atoms with E-state index in [0.29, 0.717) is 11.6 Å². The van der Waals surface area contributed by atoms with Crippen molar-refractivity contribution < 1.29 is 4.79 Å². The molecule has 1 aliphatic heterocycles. The first kappa shape index (κ1) is 16.6. The highest BCUT2D eigenvalue weighted by Gasteiger charge is 2.45. The summed E-state index contributed by atoms with van der Waals surface area (Å²) in [5, 5.41) is 0.283. The molecule has 3 aromatic rings. The molecule has 2 aromatic heterocycles. The Kier molecular flexibility index (Phi) is 3.73. The van der Waals surface area contributed by atoms with Crippen molar-refractivity contribution in [2.24, 2.45) is 0 Å². The smallest absolute Gasteiger partial charge is 0.242 e. The summed E-state index contributed by atoms with van der Waals surface area (Å²) in [6, 6.07) is 5.93. The molecule has 0 radical (unpaired) electrons. The Hall–Kier alpha value is -2.86. The zero-order valence-electron chi connectivity index (χ0n) is 14.6. The normalized spacial score (nSPS) is 15.2. The van der Waals surface area contributed by atoms with Gasteiger partial charge in [-0.3, -0.25) is 9.69 Å². The highest BCUT2D eigenvalue weighted by molar-refractivity contribution is 6.29. The molecule has 0 fully saturated rings. The van der Waals surface area contributed by atoms with Crippen LogP contribution in [0.25, 0.3) is 11.1 Å². The zero-order valence-corrected chi connectivity index (χ0v) is 15.3. The van der Waals surface area contributed by atoms with Gasteiger partial charge in [0.15, 0.2) is 5.82 Å². The predicted molar refractivity (Wildman–Crippen MR) is 99.4 cm³/mol. The van der Waals surface area contributed by atoms with Crippen molar-refractivity contribution in [3.8, 4) is 11.1 Å². The minimum Gasteiger partial charge on any atom is -0.273 e. The molecule has 0 saturated heterocycles. The van der Waals surface area contributed by atoms with Gasteiger partial charge in [-0.1, -0.05) is 23.7 Å². The average Bonchev–Trinajstić information content (AvgIpc) is 2.83. The van der Waals surface area contributed by atoms with Gasteiger partial charge in [-0.25, -0.2) is 19.9 Å². The van der Waals surface area contributed by atoms with Crippen LogP contribution in [0, 0.1) is 6.92 Å². The lowest BCUT2D eigenvalue weighted by atomic mass is 9.85. The molecule has 3 heterocycles. The molecule has 0 atom stereocenters. The molecule has 1 amide bonds. The number of hydrogen-bond acceptors (Lipinski definition) is 5. The number of aromatic nitrogens is 4. The predicted octanol–water partition coefficient (Wildman–Crippen LogP) is 3.85. The Morgan fingerprint density at radius 3 is 2.35 bits per heavy atom. The Balaban J connectivity index is 1.87. The van der Waals surface area contributed by atoms with Crippen molar-refractivity contribution >= 4 is 29.0 Å². The highest BCUT2D eigenvalue weighted by Crippen LogP contribution is 2.46. The Bertz CT molecular complexity index is 999. The Labute approximate surface area is 155 Å². The number of hydrogen-bond donors (Lipinski definition) is 0. The van der Waals surface area contributed by atoms with E-state index in [1.807, 2.05) is 39.0 Å². The van der Waals surface area contributed by atoms with E-state index in [9.17, 15) is 4.79 Å². The van der Waals surface area contributed by atoms with E-state index in [1.54, 1.807) is 17.3 Å². The monoisotopic (exact) mass is 365 g/mol. The van der Waals surface area contributed by atoms with Gasteiger partial charge in [-0.2, -0.15) is 0 Å². The standard InChI is InChI=1S/C19H16ClN5O/c1-11-21-7-13(8-22-11)12-4-5-14-15(6-12)25(18(26)19(14,2)3)17-10-23-16(20)9-24-17/h4-10H,1-3H3. The lowest BCUT2D eigenvalue weighted by Gasteiger charge is -2.19. The first-order valence-corrected chi connectivity index (χ1v) is 8.51. The van der Waals surface area contributed by atoms with Crippen molar-refractivity contribution in [1.29, 1.82) is 0 Å². The molecule has 0 aliphatic carbocycles. The van der Waals surface area contributed by atoms with Gasteiger partial charge in [0.1, 0.15) is 11.0 Å². The van der Waals surface area contributed by atoms with E-state index >= 15 is 0 Å². The number of rotatable bonds is 2. The number of halogens is 1. The van der Waals surface area contributed by atoms with Crippen LogP contribution in [0.15, 0.2) is 43.0 Å². The van der Waals surface area contributed by atoms with Crippen LogP contribution in [0.4, 0.5) is 11.5 Å². The molecular weight excluding hydrogens is 350 g/mol. The molecule has 7 heteroatoms. The van der Waals surface area contributed by atoms with Crippen LogP contribution in [0.5, 0.6) is 0 Å². The van der Waals surface area contributed by atoms with E-state index in [4.69, 9.17) is 11.6 Å². The minimum absolute atomic E-state index is 0.0542. The van der Waals surface area contributed by atoms with Crippen molar-refractivity contribution in [2.45, 2.75) is 26.2 Å². The van der Waals surface area contributed by atoms with E-state index < -0.39 is 5.41 Å². The van der Waals surface area contributed by atoms with Crippen LogP contribution >= 0.6 is 11.6 Å². The van der Waals surface area contributed by atoms with E-state index in [1.165, 1.54) is 12.4 Å². The van der Waals surface area contributed by atoms with Crippen molar-refractivity contribution in [1.82, 2.24) is 19.9 Å². The molecule has 130 valence electrons. The topological polar surface area (TPSA) is 71.9 Å². The van der Waals surface area contributed by atoms with Crippen LogP contribution in [0.3, 0.4) is 0 Å². The molecule has 0 bridgehead atoms. The van der Waals surface area contributed by atoms with Crippen LogP contribution < -0.4 is 4.90 Å². The molecule has 1 aromatic carbocycles. The number of amides is 1. The van der Waals surface area contributed by atoms with E-state index in [2.05, 4.69) is 19.9 Å². The SMILES string of the molecule is Cc1ncc(-c2ccc3c(c2)N(c2cnc(Cl)cn2)C(=O)C3(C)C)cn1. The van der Waals surface area contributed by atoms with Crippen LogP contribution in [0.2, 0.25) is 5.15 Å². The van der Waals surface area contributed by atoms with Crippen LogP contribution in [0.1, 0.15) is 25.2 Å². The molecule has 0 N–H and O–H groups in total. The number of aryl methyl sites for hydroxylation is 1. The average molecular weight is 366 g/mol. The summed E-state index contributed by atoms with van der Waals surface area (Å²) in [6.45, 7) is 5.66. The largest absolute Gasteiger partial charge is 0.273 e. The molecule has 26 heavy (non-hydrogen) atoms. The highest BCUT2D eigenvalue weighted by atomic mass is 35.5. The second kappa shape index (κ2) is 5.85. The quantitative estimate of drug-likeness (QED) is 0.689. The molecule has 0 saturated carbocycles. The Morgan fingerprint density at radius 2 is 1.69 bits per heavy atom. The first-order valence-electron chi connectivity index (χ1n) is 8.13. The van der Waals surface area contributed by atoms with Gasteiger partial charge in [-0.05, 0) is 38.0 Å². The molecule has 6 nitrogen and oxygen atoms in total. The fraction of sp³-hybridized carbons (Fsp3) is 0.211. The number of carbonyl (C=O) groups is 1. The second-order valence-electron chi connectivity index (χ2n) is 6.71. The molecule has 0 spiro atoms. The third-order valence-corrected chi connectivity index (χ3v) is 4.79. The summed E-state index contributed by atoms with van der Waals surface area (Å²) in [4.78, 5) is 31.5. The number of anilines is 2. The summed E-state index contributed by atoms with van der Waals surface area (Å²) in [6.07, 6.45) is 6.50. The molecule has 0 unspecified atom stereocenters. The van der Waals surface area contributed by atoms with Gasteiger partial charge in [0.25, 0.3) is 0 Å². The Morgan fingerprint density at radius 1 is 0.962 bits per heavy atom. The molecule has 1 aliphatic rings. The van der Waals surface area contributed by atoms with Gasteiger partial charge in [0, 0.05) is 18.0 Å². The van der Waals surface area contributed by atoms with Crippen molar-refractivity contribution in [3.05, 3.63) is 59.5 Å². The van der Waals surface area contributed by atoms with Gasteiger partial charge >= 0.3 is 0 Å². The van der Waals surface area contributed by atoms with Gasteiger partial charge in [0.05, 0.1) is 23.5 Å². The summed E-state index contributed by atoms with van der Waals surface area (Å²) in [5.74, 6) is 1.11. The summed E-state index contributed by atoms with van der Waals surface area (Å²) < 4.78 is 0. The lowest BCUT2D eigenvalue weighted by molar-refractivity contribution is -0.121. The maximum atomic E-state index is 13.1. The number of benzene rings is 1. The van der Waals surface area contributed by atoms with Gasteiger partial charge < -0.3 is 0 Å². The first-order chi connectivity index (χ1) is 12.4. The van der Waals surface area contributed by atoms with Crippen LogP contribution in [-0.4, -0.2) is 25.8 Å². The third kappa shape index (κ3) is 2.54. The fourth-order valence-electron chi connectivity index (χ4n) is 3.12. The third-order valence-electron chi connectivity index (χ3n) is 4.60. The lowest BCUT2D eigenvalue weighted by Crippen LogP contribution is -2.33. The number of nitrogens with zero attached hydrogens (tertiary/aromatic N) is 5. The second-order valence-corrected chi connectivity index (χ2v) is 7.10. The summed E-state index contributed by atoms with van der Waals surface area (Å²) >= 11 is 5.84. The minimum atomic E-state index is -0.654. The van der Waals surface area contributed by atoms with Crippen LogP contribution in [-0.2, 0) is 10.2 Å². The fourth-order valence-corrected chi connectivity index (χ4v) is 3.22. The van der Waals surface area contributed by atoms with Crippen molar-refractivity contribution in [2.75, 3.05) is 4.90 Å². The molecule has 4 rings (SSSR count). The van der Waals surface area contributed by atoms with E-state index in [-0.39, 0.29) is 11.1 Å². The zero-order chi connectivity index (χ0) is 18.5. The summed E-state index contributed by atoms with van der Waals surface area (Å²) in [5.41, 5.74) is 2.89. The maximum Gasteiger partial charge on any atom is 0.242 e. The molecular formula is C19H16ClN5O.